The highest BCUT2D eigenvalue weighted by Gasteiger charge is 2.24. The van der Waals surface area contributed by atoms with Gasteiger partial charge in [-0.2, -0.15) is 0 Å². The van der Waals surface area contributed by atoms with E-state index < -0.39 is 23.8 Å². The van der Waals surface area contributed by atoms with Crippen LogP contribution in [0, 0.1) is 17.6 Å². The van der Waals surface area contributed by atoms with Gasteiger partial charge >= 0.3 is 6.09 Å². The molecule has 0 unspecified atom stereocenters. The Balaban J connectivity index is 0.000000198. The van der Waals surface area contributed by atoms with E-state index in [0.717, 1.165) is 19.0 Å². The number of hydrogen-bond acceptors (Lipinski definition) is 5. The van der Waals surface area contributed by atoms with Crippen LogP contribution in [0.4, 0.5) is 13.6 Å². The van der Waals surface area contributed by atoms with Crippen LogP contribution in [0.25, 0.3) is 0 Å². The number of piperidine rings is 1. The van der Waals surface area contributed by atoms with E-state index in [1.54, 1.807) is 18.3 Å². The van der Waals surface area contributed by atoms with Gasteiger partial charge in [-0.25, -0.2) is 18.6 Å². The maximum Gasteiger partial charge on any atom is 0.405 e. The second kappa shape index (κ2) is 13.1. The Bertz CT molecular complexity index is 1060. The summed E-state index contributed by atoms with van der Waals surface area (Å²) in [5.41, 5.74) is 5.75. The highest BCUT2D eigenvalue weighted by Crippen LogP contribution is 2.27. The van der Waals surface area contributed by atoms with Crippen LogP contribution < -0.4 is 10.6 Å². The second-order valence-electron chi connectivity index (χ2n) is 8.47. The topological polar surface area (TPSA) is 86.7 Å². The molecule has 0 saturated carbocycles. The summed E-state index contributed by atoms with van der Waals surface area (Å²) in [5.74, 6) is 0.137. The minimum absolute atomic E-state index is 0.208. The first kappa shape index (κ1) is 26.4. The molecule has 186 valence electrons. The SMILES string of the molecule is CCC1CC[NH+](CC(=O)c2nccs2)CC1.NC(=O)OC(c1cccc(F)c1)c1cccc(F)c1. The van der Waals surface area contributed by atoms with Crippen molar-refractivity contribution in [3.8, 4) is 0 Å². The van der Waals surface area contributed by atoms with Crippen LogP contribution in [0.1, 0.15) is 53.2 Å². The van der Waals surface area contributed by atoms with Crippen LogP contribution in [0.2, 0.25) is 0 Å². The molecule has 0 aliphatic carbocycles. The number of aromatic nitrogens is 1. The number of quaternary nitrogens is 1. The van der Waals surface area contributed by atoms with Crippen molar-refractivity contribution in [1.29, 1.82) is 0 Å². The lowest BCUT2D eigenvalue weighted by atomic mass is 9.94. The lowest BCUT2D eigenvalue weighted by molar-refractivity contribution is -0.897. The Kier molecular flexibility index (Phi) is 9.86. The first-order valence-electron chi connectivity index (χ1n) is 11.6. The number of primary amides is 1. The third kappa shape index (κ3) is 8.22. The average Bonchev–Trinajstić information content (AvgIpc) is 3.39. The summed E-state index contributed by atoms with van der Waals surface area (Å²) in [5, 5.41) is 2.54. The van der Waals surface area contributed by atoms with Crippen molar-refractivity contribution < 1.29 is 28.0 Å². The maximum absolute atomic E-state index is 13.2. The van der Waals surface area contributed by atoms with E-state index in [0.29, 0.717) is 22.7 Å². The summed E-state index contributed by atoms with van der Waals surface area (Å²) in [7, 11) is 0. The molecule has 6 nitrogen and oxygen atoms in total. The normalized spacial score (nSPS) is 17.4. The number of carbonyl (C=O) groups is 2. The Labute approximate surface area is 207 Å². The second-order valence-corrected chi connectivity index (χ2v) is 9.36. The Morgan fingerprint density at radius 3 is 2.17 bits per heavy atom. The smallest absolute Gasteiger partial charge is 0.405 e. The van der Waals surface area contributed by atoms with Gasteiger partial charge in [-0.05, 0) is 54.2 Å². The summed E-state index contributed by atoms with van der Waals surface area (Å²) in [4.78, 5) is 28.3. The Morgan fingerprint density at radius 1 is 1.11 bits per heavy atom. The number of Topliss-reactive ketones (excluding diaryl/α,β-unsaturated/α-hetero) is 1. The average molecular weight is 503 g/mol. The summed E-state index contributed by atoms with van der Waals surface area (Å²) in [6.45, 7) is 5.19. The molecule has 0 spiro atoms. The molecule has 35 heavy (non-hydrogen) atoms. The molecular formula is C26H30F2N3O3S+. The fourth-order valence-electron chi connectivity index (χ4n) is 4.12. The fraction of sp³-hybridized carbons (Fsp3) is 0.346. The van der Waals surface area contributed by atoms with E-state index in [1.807, 2.05) is 5.38 Å². The zero-order valence-corrected chi connectivity index (χ0v) is 20.4. The van der Waals surface area contributed by atoms with E-state index >= 15 is 0 Å². The predicted molar refractivity (Wildman–Crippen MR) is 130 cm³/mol. The summed E-state index contributed by atoms with van der Waals surface area (Å²) in [6.07, 6.45) is 3.58. The van der Waals surface area contributed by atoms with Crippen molar-refractivity contribution in [3.63, 3.8) is 0 Å². The summed E-state index contributed by atoms with van der Waals surface area (Å²) in [6, 6.07) is 11.0. The number of amides is 1. The van der Waals surface area contributed by atoms with Crippen LogP contribution >= 0.6 is 11.3 Å². The third-order valence-electron chi connectivity index (χ3n) is 6.01. The van der Waals surface area contributed by atoms with Crippen molar-refractivity contribution in [2.45, 2.75) is 32.3 Å². The molecule has 1 saturated heterocycles. The largest absolute Gasteiger partial charge is 0.437 e. The van der Waals surface area contributed by atoms with Gasteiger partial charge in [0.2, 0.25) is 5.78 Å². The standard InChI is InChI=1S/C14H11F2NO2.C12H18N2OS/c15-11-5-1-3-9(7-11)13(19-14(17)18)10-4-2-6-12(16)8-10;1-2-10-3-6-14(7-4-10)9-11(15)12-13-5-8-16-12/h1-8,13H,(H2,17,18);5,8,10H,2-4,6-7,9H2,1H3/p+1. The van der Waals surface area contributed by atoms with Gasteiger partial charge in [0.1, 0.15) is 18.2 Å². The van der Waals surface area contributed by atoms with E-state index in [9.17, 15) is 18.4 Å². The number of rotatable bonds is 7. The zero-order valence-electron chi connectivity index (χ0n) is 19.6. The zero-order chi connectivity index (χ0) is 25.2. The Morgan fingerprint density at radius 2 is 1.71 bits per heavy atom. The van der Waals surface area contributed by atoms with Crippen LogP contribution in [0.3, 0.4) is 0 Å². The number of ether oxygens (including phenoxy) is 1. The van der Waals surface area contributed by atoms with Crippen molar-refractivity contribution in [1.82, 2.24) is 4.98 Å². The van der Waals surface area contributed by atoms with Crippen molar-refractivity contribution in [2.75, 3.05) is 19.6 Å². The molecule has 1 aliphatic heterocycles. The first-order chi connectivity index (χ1) is 16.9. The molecule has 2 aromatic carbocycles. The molecule has 1 aromatic heterocycles. The van der Waals surface area contributed by atoms with Crippen LogP contribution in [0.15, 0.2) is 60.1 Å². The molecule has 0 radical (unpaired) electrons. The minimum atomic E-state index is -1.02. The molecule has 3 aromatic rings. The first-order valence-corrected chi connectivity index (χ1v) is 12.5. The third-order valence-corrected chi connectivity index (χ3v) is 6.82. The molecule has 1 fully saturated rings. The highest BCUT2D eigenvalue weighted by molar-refractivity contribution is 7.11. The predicted octanol–water partition coefficient (Wildman–Crippen LogP) is 4.18. The number of nitrogens with zero attached hydrogens (tertiary/aromatic N) is 1. The van der Waals surface area contributed by atoms with Crippen LogP contribution in [0.5, 0.6) is 0 Å². The number of nitrogens with two attached hydrogens (primary N) is 1. The van der Waals surface area contributed by atoms with Gasteiger partial charge in [0.25, 0.3) is 0 Å². The van der Waals surface area contributed by atoms with Crippen molar-refractivity contribution in [3.05, 3.63) is 87.9 Å². The van der Waals surface area contributed by atoms with Crippen molar-refractivity contribution >= 4 is 23.2 Å². The molecule has 2 heterocycles. The van der Waals surface area contributed by atoms with Gasteiger partial charge < -0.3 is 15.4 Å². The number of halogens is 2. The fourth-order valence-corrected chi connectivity index (χ4v) is 4.69. The van der Waals surface area contributed by atoms with Crippen LogP contribution in [-0.2, 0) is 4.74 Å². The highest BCUT2D eigenvalue weighted by atomic mass is 32.1. The maximum atomic E-state index is 13.2. The monoisotopic (exact) mass is 502 g/mol. The molecule has 1 amide bonds. The van der Waals surface area contributed by atoms with E-state index in [2.05, 4.69) is 11.9 Å². The molecule has 1 aliphatic rings. The molecule has 9 heteroatoms. The van der Waals surface area contributed by atoms with E-state index in [1.165, 1.54) is 71.9 Å². The lowest BCUT2D eigenvalue weighted by Crippen LogP contribution is -3.13. The van der Waals surface area contributed by atoms with E-state index in [4.69, 9.17) is 10.5 Å². The Hall–Kier alpha value is -3.17. The molecule has 0 atom stereocenters. The molecule has 4 rings (SSSR count). The molecule has 0 bridgehead atoms. The number of hydrogen-bond donors (Lipinski definition) is 2. The van der Waals surface area contributed by atoms with Gasteiger partial charge in [-0.15, -0.1) is 11.3 Å². The van der Waals surface area contributed by atoms with Gasteiger partial charge in [-0.3, -0.25) is 4.79 Å². The van der Waals surface area contributed by atoms with Crippen molar-refractivity contribution in [2.24, 2.45) is 11.7 Å². The number of thiazole rings is 1. The molecular weight excluding hydrogens is 472 g/mol. The number of nitrogens with one attached hydrogen (secondary N) is 1. The number of likely N-dealkylation sites (tertiary alicyclic amines) is 1. The summed E-state index contributed by atoms with van der Waals surface area (Å²) >= 11 is 1.45. The number of benzene rings is 2. The van der Waals surface area contributed by atoms with Gasteiger partial charge in [0, 0.05) is 11.6 Å². The van der Waals surface area contributed by atoms with Gasteiger partial charge in [0.15, 0.2) is 11.1 Å². The summed E-state index contributed by atoms with van der Waals surface area (Å²) < 4.78 is 31.4. The lowest BCUT2D eigenvalue weighted by Gasteiger charge is -2.27. The minimum Gasteiger partial charge on any atom is -0.437 e. The molecule has 3 N–H and O–H groups in total. The number of carbonyl (C=O) groups excluding carboxylic acids is 2. The van der Waals surface area contributed by atoms with Crippen LogP contribution in [-0.4, -0.2) is 36.5 Å². The van der Waals surface area contributed by atoms with Gasteiger partial charge in [0.05, 0.1) is 13.1 Å². The quantitative estimate of drug-likeness (QED) is 0.475. The number of ketones is 1. The van der Waals surface area contributed by atoms with E-state index in [-0.39, 0.29) is 5.78 Å². The van der Waals surface area contributed by atoms with Gasteiger partial charge in [-0.1, -0.05) is 37.6 Å².